The summed E-state index contributed by atoms with van der Waals surface area (Å²) >= 11 is 12.2. The van der Waals surface area contributed by atoms with Crippen molar-refractivity contribution in [3.8, 4) is 11.1 Å². The Morgan fingerprint density at radius 1 is 1.10 bits per heavy atom. The highest BCUT2D eigenvalue weighted by Gasteiger charge is 2.14. The lowest BCUT2D eigenvalue weighted by atomic mass is 10.1. The number of hydrogen-bond donors (Lipinski definition) is 0. The van der Waals surface area contributed by atoms with E-state index in [-0.39, 0.29) is 0 Å². The summed E-state index contributed by atoms with van der Waals surface area (Å²) in [5.74, 6) is 0. The zero-order valence-electron chi connectivity index (χ0n) is 10.7. The quantitative estimate of drug-likeness (QED) is 0.608. The number of hydrogen-bond acceptors (Lipinski definition) is 1. The Hall–Kier alpha value is -1.77. The smallest absolute Gasteiger partial charge is 0.167 e. The van der Waals surface area contributed by atoms with Crippen molar-refractivity contribution >= 4 is 35.0 Å². The minimum absolute atomic E-state index is 0.536. The van der Waals surface area contributed by atoms with Crippen LogP contribution in [-0.4, -0.2) is 10.7 Å². The fourth-order valence-electron chi connectivity index (χ4n) is 2.41. The maximum Gasteiger partial charge on any atom is 0.167 e. The molecule has 2 aromatic heterocycles. The van der Waals surface area contributed by atoms with Gasteiger partial charge in [0.15, 0.2) is 6.29 Å². The highest BCUT2D eigenvalue weighted by Crippen LogP contribution is 2.34. The number of nitrogens with zero attached hydrogens (tertiary/aromatic N) is 1. The summed E-state index contributed by atoms with van der Waals surface area (Å²) in [6.45, 7) is 2.01. The van der Waals surface area contributed by atoms with Crippen LogP contribution in [-0.2, 0) is 0 Å². The van der Waals surface area contributed by atoms with Crippen LogP contribution in [0.2, 0.25) is 10.0 Å². The van der Waals surface area contributed by atoms with Gasteiger partial charge in [-0.05, 0) is 36.8 Å². The van der Waals surface area contributed by atoms with Gasteiger partial charge >= 0.3 is 0 Å². The van der Waals surface area contributed by atoms with Crippen LogP contribution in [0, 0.1) is 6.92 Å². The number of aldehydes is 1. The van der Waals surface area contributed by atoms with E-state index < -0.39 is 0 Å². The molecule has 0 aliphatic carbocycles. The molecule has 0 aliphatic rings. The summed E-state index contributed by atoms with van der Waals surface area (Å²) in [6.07, 6.45) is 2.73. The van der Waals surface area contributed by atoms with Crippen LogP contribution in [0.15, 0.2) is 42.6 Å². The normalized spacial score (nSPS) is 10.9. The predicted molar refractivity (Wildman–Crippen MR) is 83.0 cm³/mol. The Kier molecular flexibility index (Phi) is 3.28. The second-order valence-electron chi connectivity index (χ2n) is 4.63. The SMILES string of the molecule is Cc1cccn2c(C=O)c(-c3ccc(Cl)cc3Cl)cc12. The molecule has 3 aromatic rings. The first kappa shape index (κ1) is 13.2. The van der Waals surface area contributed by atoms with E-state index in [9.17, 15) is 4.79 Å². The van der Waals surface area contributed by atoms with Crippen molar-refractivity contribution in [1.29, 1.82) is 0 Å². The first-order valence-electron chi connectivity index (χ1n) is 6.13. The molecule has 3 rings (SSSR count). The standard InChI is InChI=1S/C16H11Cl2NO/c1-10-3-2-6-19-15(10)8-13(16(19)9-20)12-5-4-11(17)7-14(12)18/h2-9H,1H3. The zero-order valence-corrected chi connectivity index (χ0v) is 12.2. The lowest BCUT2D eigenvalue weighted by Crippen LogP contribution is -1.93. The first-order chi connectivity index (χ1) is 9.61. The van der Waals surface area contributed by atoms with E-state index in [1.165, 1.54) is 0 Å². The summed E-state index contributed by atoms with van der Waals surface area (Å²) < 4.78 is 1.88. The highest BCUT2D eigenvalue weighted by molar-refractivity contribution is 6.36. The molecule has 0 radical (unpaired) electrons. The number of carbonyl (C=O) groups is 1. The number of aromatic nitrogens is 1. The third-order valence-electron chi connectivity index (χ3n) is 3.39. The zero-order chi connectivity index (χ0) is 14.3. The van der Waals surface area contributed by atoms with Crippen molar-refractivity contribution in [2.45, 2.75) is 6.92 Å². The Balaban J connectivity index is 2.36. The van der Waals surface area contributed by atoms with Crippen molar-refractivity contribution < 1.29 is 4.79 Å². The number of carbonyl (C=O) groups excluding carboxylic acids is 1. The summed E-state index contributed by atoms with van der Waals surface area (Å²) in [4.78, 5) is 11.5. The summed E-state index contributed by atoms with van der Waals surface area (Å²) in [5, 5.41) is 1.11. The van der Waals surface area contributed by atoms with Gasteiger partial charge in [0.05, 0.1) is 5.69 Å². The van der Waals surface area contributed by atoms with Crippen LogP contribution in [0.4, 0.5) is 0 Å². The molecule has 0 saturated heterocycles. The van der Waals surface area contributed by atoms with E-state index in [0.29, 0.717) is 15.7 Å². The van der Waals surface area contributed by atoms with Gasteiger partial charge < -0.3 is 4.40 Å². The molecule has 0 saturated carbocycles. The molecule has 0 atom stereocenters. The second kappa shape index (κ2) is 4.97. The van der Waals surface area contributed by atoms with Crippen LogP contribution < -0.4 is 0 Å². The van der Waals surface area contributed by atoms with E-state index in [1.54, 1.807) is 12.1 Å². The van der Waals surface area contributed by atoms with E-state index in [0.717, 1.165) is 28.5 Å². The van der Waals surface area contributed by atoms with Crippen molar-refractivity contribution in [2.75, 3.05) is 0 Å². The van der Waals surface area contributed by atoms with Gasteiger partial charge in [0.25, 0.3) is 0 Å². The lowest BCUT2D eigenvalue weighted by molar-refractivity contribution is 0.111. The maximum absolute atomic E-state index is 11.5. The number of fused-ring (bicyclic) bond motifs is 1. The monoisotopic (exact) mass is 303 g/mol. The van der Waals surface area contributed by atoms with E-state index >= 15 is 0 Å². The Labute approximate surface area is 126 Å². The molecule has 20 heavy (non-hydrogen) atoms. The highest BCUT2D eigenvalue weighted by atomic mass is 35.5. The number of aryl methyl sites for hydroxylation is 1. The number of benzene rings is 1. The largest absolute Gasteiger partial charge is 0.313 e. The summed E-state index contributed by atoms with van der Waals surface area (Å²) in [5.41, 5.74) is 4.31. The molecule has 0 aliphatic heterocycles. The molecule has 2 heterocycles. The minimum atomic E-state index is 0.536. The molecule has 4 heteroatoms. The average molecular weight is 304 g/mol. The molecule has 0 spiro atoms. The third-order valence-corrected chi connectivity index (χ3v) is 3.94. The predicted octanol–water partition coefficient (Wildman–Crippen LogP) is 5.03. The van der Waals surface area contributed by atoms with Gasteiger partial charge in [-0.1, -0.05) is 35.3 Å². The van der Waals surface area contributed by atoms with Crippen LogP contribution in [0.5, 0.6) is 0 Å². The lowest BCUT2D eigenvalue weighted by Gasteiger charge is -2.04. The van der Waals surface area contributed by atoms with Crippen molar-refractivity contribution in [3.63, 3.8) is 0 Å². The van der Waals surface area contributed by atoms with E-state index in [1.807, 2.05) is 41.8 Å². The molecule has 0 unspecified atom stereocenters. The Bertz CT molecular complexity index is 821. The average Bonchev–Trinajstić information content (AvgIpc) is 2.78. The van der Waals surface area contributed by atoms with Crippen molar-refractivity contribution in [2.24, 2.45) is 0 Å². The van der Waals surface area contributed by atoms with Gasteiger partial charge in [0.1, 0.15) is 0 Å². The number of halogens is 2. The van der Waals surface area contributed by atoms with Gasteiger partial charge in [-0.2, -0.15) is 0 Å². The van der Waals surface area contributed by atoms with E-state index in [4.69, 9.17) is 23.2 Å². The topological polar surface area (TPSA) is 21.5 Å². The fourth-order valence-corrected chi connectivity index (χ4v) is 2.92. The van der Waals surface area contributed by atoms with Gasteiger partial charge in [-0.25, -0.2) is 0 Å². The van der Waals surface area contributed by atoms with Crippen molar-refractivity contribution in [3.05, 3.63) is 63.9 Å². The first-order valence-corrected chi connectivity index (χ1v) is 6.88. The molecular formula is C16H11Cl2NO. The van der Waals surface area contributed by atoms with Gasteiger partial charge in [-0.3, -0.25) is 4.79 Å². The van der Waals surface area contributed by atoms with Crippen LogP contribution in [0.1, 0.15) is 16.1 Å². The second-order valence-corrected chi connectivity index (χ2v) is 5.48. The Morgan fingerprint density at radius 3 is 2.60 bits per heavy atom. The van der Waals surface area contributed by atoms with Crippen LogP contribution in [0.3, 0.4) is 0 Å². The summed E-state index contributed by atoms with van der Waals surface area (Å²) in [7, 11) is 0. The summed E-state index contributed by atoms with van der Waals surface area (Å²) in [6, 6.07) is 11.2. The fraction of sp³-hybridized carbons (Fsp3) is 0.0625. The molecule has 100 valence electrons. The Morgan fingerprint density at radius 2 is 1.90 bits per heavy atom. The molecule has 0 N–H and O–H groups in total. The van der Waals surface area contributed by atoms with Gasteiger partial charge in [0, 0.05) is 32.9 Å². The van der Waals surface area contributed by atoms with Crippen molar-refractivity contribution in [1.82, 2.24) is 4.40 Å². The molecule has 0 bridgehead atoms. The molecule has 0 fully saturated rings. The van der Waals surface area contributed by atoms with Gasteiger partial charge in [-0.15, -0.1) is 0 Å². The molecule has 1 aromatic carbocycles. The number of pyridine rings is 1. The van der Waals surface area contributed by atoms with Crippen LogP contribution in [0.25, 0.3) is 16.6 Å². The number of rotatable bonds is 2. The minimum Gasteiger partial charge on any atom is -0.313 e. The third kappa shape index (κ3) is 2.01. The van der Waals surface area contributed by atoms with E-state index in [2.05, 4.69) is 0 Å². The molecular weight excluding hydrogens is 293 g/mol. The maximum atomic E-state index is 11.5. The molecule has 0 amide bonds. The van der Waals surface area contributed by atoms with Crippen LogP contribution >= 0.6 is 23.2 Å². The van der Waals surface area contributed by atoms with Gasteiger partial charge in [0.2, 0.25) is 0 Å². The molecule has 2 nitrogen and oxygen atoms in total.